The molecule has 0 spiro atoms. The summed E-state index contributed by atoms with van der Waals surface area (Å²) in [5.41, 5.74) is 2.91. The minimum Gasteiger partial charge on any atom is -0.378 e. The SMILES string of the molecule is CN(C)c1cccc(-c2nc3sc(NCC4CC4)nn3c2Cl)c1. The van der Waals surface area contributed by atoms with E-state index in [2.05, 4.69) is 32.4 Å². The Balaban J connectivity index is 1.66. The number of aromatic nitrogens is 3. The van der Waals surface area contributed by atoms with Gasteiger partial charge in [0.15, 0.2) is 5.15 Å². The molecule has 0 aliphatic heterocycles. The third-order valence-electron chi connectivity index (χ3n) is 4.02. The van der Waals surface area contributed by atoms with Crippen LogP contribution in [0.25, 0.3) is 16.2 Å². The van der Waals surface area contributed by atoms with Gasteiger partial charge in [0.1, 0.15) is 5.69 Å². The normalized spacial score (nSPS) is 14.4. The van der Waals surface area contributed by atoms with Crippen LogP contribution >= 0.6 is 22.9 Å². The molecule has 0 amide bonds. The van der Waals surface area contributed by atoms with E-state index in [1.165, 1.54) is 12.8 Å². The van der Waals surface area contributed by atoms with E-state index in [-0.39, 0.29) is 0 Å². The summed E-state index contributed by atoms with van der Waals surface area (Å²) in [6, 6.07) is 8.20. The third-order valence-corrected chi connectivity index (χ3v) is 5.23. The standard InChI is InChI=1S/C16H18ClN5S/c1-21(2)12-5-3-4-11(8-12)13-14(17)22-16(19-13)23-15(20-22)18-9-10-6-7-10/h3-5,8,10H,6-7,9H2,1-2H3,(H,18,20). The zero-order chi connectivity index (χ0) is 16.0. The summed E-state index contributed by atoms with van der Waals surface area (Å²) in [5, 5.41) is 9.35. The molecule has 4 rings (SSSR count). The largest absolute Gasteiger partial charge is 0.378 e. The lowest BCUT2D eigenvalue weighted by Gasteiger charge is -2.12. The number of halogens is 1. The summed E-state index contributed by atoms with van der Waals surface area (Å²) in [7, 11) is 4.04. The van der Waals surface area contributed by atoms with Gasteiger partial charge in [0.25, 0.3) is 0 Å². The minimum atomic E-state index is 0.562. The number of fused-ring (bicyclic) bond motifs is 1. The molecule has 1 aromatic carbocycles. The van der Waals surface area contributed by atoms with E-state index in [0.717, 1.165) is 39.5 Å². The van der Waals surface area contributed by atoms with Crippen molar-refractivity contribution in [2.45, 2.75) is 12.8 Å². The van der Waals surface area contributed by atoms with Gasteiger partial charge in [0, 0.05) is 31.9 Å². The molecule has 0 atom stereocenters. The van der Waals surface area contributed by atoms with Crippen molar-refractivity contribution in [1.82, 2.24) is 14.6 Å². The van der Waals surface area contributed by atoms with Gasteiger partial charge in [-0.25, -0.2) is 4.98 Å². The highest BCUT2D eigenvalue weighted by Crippen LogP contribution is 2.34. The monoisotopic (exact) mass is 347 g/mol. The van der Waals surface area contributed by atoms with E-state index in [1.807, 2.05) is 26.2 Å². The zero-order valence-corrected chi connectivity index (χ0v) is 14.7. The number of rotatable bonds is 5. The lowest BCUT2D eigenvalue weighted by Crippen LogP contribution is -2.08. The summed E-state index contributed by atoms with van der Waals surface area (Å²) < 4.78 is 1.72. The second-order valence-electron chi connectivity index (χ2n) is 6.12. The Bertz CT molecular complexity index is 849. The molecule has 1 aliphatic carbocycles. The Morgan fingerprint density at radius 1 is 1.39 bits per heavy atom. The van der Waals surface area contributed by atoms with Crippen LogP contribution in [0.3, 0.4) is 0 Å². The highest BCUT2D eigenvalue weighted by Gasteiger charge is 2.22. The summed E-state index contributed by atoms with van der Waals surface area (Å²) in [4.78, 5) is 7.56. The fourth-order valence-corrected chi connectivity index (χ4v) is 3.59. The van der Waals surface area contributed by atoms with Crippen LogP contribution in [-0.2, 0) is 0 Å². The van der Waals surface area contributed by atoms with Crippen molar-refractivity contribution in [3.8, 4) is 11.3 Å². The second kappa shape index (κ2) is 5.69. The van der Waals surface area contributed by atoms with Gasteiger partial charge in [-0.15, -0.1) is 5.10 Å². The average molecular weight is 348 g/mol. The molecule has 0 bridgehead atoms. The molecular weight excluding hydrogens is 330 g/mol. The Labute approximate surface area is 143 Å². The first-order valence-electron chi connectivity index (χ1n) is 7.68. The molecule has 2 heterocycles. The minimum absolute atomic E-state index is 0.562. The number of hydrogen-bond donors (Lipinski definition) is 1. The number of nitrogens with one attached hydrogen (secondary N) is 1. The topological polar surface area (TPSA) is 45.5 Å². The molecule has 7 heteroatoms. The lowest BCUT2D eigenvalue weighted by atomic mass is 10.1. The van der Waals surface area contributed by atoms with Gasteiger partial charge in [-0.2, -0.15) is 4.52 Å². The summed E-state index contributed by atoms with van der Waals surface area (Å²) >= 11 is 8.06. The van der Waals surface area contributed by atoms with Gasteiger partial charge in [0.05, 0.1) is 0 Å². The van der Waals surface area contributed by atoms with Crippen molar-refractivity contribution in [1.29, 1.82) is 0 Å². The first kappa shape index (κ1) is 14.8. The number of anilines is 2. The van der Waals surface area contributed by atoms with E-state index in [1.54, 1.807) is 15.9 Å². The molecule has 0 radical (unpaired) electrons. The molecule has 1 fully saturated rings. The third kappa shape index (κ3) is 2.88. The zero-order valence-electron chi connectivity index (χ0n) is 13.1. The van der Waals surface area contributed by atoms with Crippen LogP contribution in [-0.4, -0.2) is 35.2 Å². The summed E-state index contributed by atoms with van der Waals surface area (Å²) in [6.07, 6.45) is 2.64. The van der Waals surface area contributed by atoms with Crippen molar-refractivity contribution >= 4 is 38.7 Å². The van der Waals surface area contributed by atoms with Crippen molar-refractivity contribution in [2.75, 3.05) is 30.9 Å². The van der Waals surface area contributed by atoms with E-state index in [0.29, 0.717) is 5.15 Å². The van der Waals surface area contributed by atoms with Gasteiger partial charge in [0.2, 0.25) is 10.1 Å². The number of imidazole rings is 1. The summed E-state index contributed by atoms with van der Waals surface area (Å²) in [5.74, 6) is 0.811. The Kier molecular flexibility index (Phi) is 3.66. The highest BCUT2D eigenvalue weighted by atomic mass is 35.5. The number of hydrogen-bond acceptors (Lipinski definition) is 5. The molecule has 0 saturated heterocycles. The summed E-state index contributed by atoms with van der Waals surface area (Å²) in [6.45, 7) is 0.992. The van der Waals surface area contributed by atoms with Gasteiger partial charge in [-0.1, -0.05) is 35.1 Å². The van der Waals surface area contributed by atoms with Gasteiger partial charge >= 0.3 is 0 Å². The molecule has 1 aliphatic rings. The lowest BCUT2D eigenvalue weighted by molar-refractivity contribution is 0.874. The van der Waals surface area contributed by atoms with E-state index < -0.39 is 0 Å². The van der Waals surface area contributed by atoms with Crippen molar-refractivity contribution in [3.05, 3.63) is 29.4 Å². The van der Waals surface area contributed by atoms with Crippen molar-refractivity contribution in [3.63, 3.8) is 0 Å². The first-order valence-corrected chi connectivity index (χ1v) is 8.88. The van der Waals surface area contributed by atoms with Crippen LogP contribution in [0.2, 0.25) is 5.15 Å². The molecule has 1 N–H and O–H groups in total. The molecule has 2 aromatic heterocycles. The van der Waals surface area contributed by atoms with Gasteiger partial charge in [-0.05, 0) is 30.9 Å². The molecular formula is C16H18ClN5S. The average Bonchev–Trinajstić information content (AvgIpc) is 3.21. The Morgan fingerprint density at radius 3 is 2.91 bits per heavy atom. The fourth-order valence-electron chi connectivity index (χ4n) is 2.46. The molecule has 0 unspecified atom stereocenters. The van der Waals surface area contributed by atoms with Crippen LogP contribution in [0.15, 0.2) is 24.3 Å². The maximum absolute atomic E-state index is 6.52. The molecule has 120 valence electrons. The van der Waals surface area contributed by atoms with Crippen LogP contribution in [0.4, 0.5) is 10.8 Å². The van der Waals surface area contributed by atoms with E-state index in [9.17, 15) is 0 Å². The maximum atomic E-state index is 6.52. The van der Waals surface area contributed by atoms with E-state index >= 15 is 0 Å². The first-order chi connectivity index (χ1) is 11.1. The van der Waals surface area contributed by atoms with Crippen LogP contribution in [0.1, 0.15) is 12.8 Å². The van der Waals surface area contributed by atoms with E-state index in [4.69, 9.17) is 11.6 Å². The number of nitrogens with zero attached hydrogens (tertiary/aromatic N) is 4. The predicted molar refractivity (Wildman–Crippen MR) is 96.9 cm³/mol. The van der Waals surface area contributed by atoms with Crippen LogP contribution in [0, 0.1) is 5.92 Å². The van der Waals surface area contributed by atoms with Crippen LogP contribution < -0.4 is 10.2 Å². The fraction of sp³-hybridized carbons (Fsp3) is 0.375. The van der Waals surface area contributed by atoms with Gasteiger partial charge < -0.3 is 10.2 Å². The van der Waals surface area contributed by atoms with Crippen LogP contribution in [0.5, 0.6) is 0 Å². The quantitative estimate of drug-likeness (QED) is 0.757. The van der Waals surface area contributed by atoms with Crippen molar-refractivity contribution in [2.24, 2.45) is 5.92 Å². The molecule has 23 heavy (non-hydrogen) atoms. The van der Waals surface area contributed by atoms with Gasteiger partial charge in [-0.3, -0.25) is 0 Å². The maximum Gasteiger partial charge on any atom is 0.215 e. The number of benzene rings is 1. The molecule has 1 saturated carbocycles. The molecule has 3 aromatic rings. The van der Waals surface area contributed by atoms with Crippen molar-refractivity contribution < 1.29 is 0 Å². The highest BCUT2D eigenvalue weighted by molar-refractivity contribution is 7.20. The predicted octanol–water partition coefficient (Wildman–Crippen LogP) is 4.00. The smallest absolute Gasteiger partial charge is 0.215 e. The Hall–Kier alpha value is -1.79. The second-order valence-corrected chi connectivity index (χ2v) is 7.44. The molecule has 5 nitrogen and oxygen atoms in total. The Morgan fingerprint density at radius 2 is 2.22 bits per heavy atom.